The largest absolute Gasteiger partial charge is 0.389 e. The second kappa shape index (κ2) is 9.54. The monoisotopic (exact) mass is 442 g/mol. The van der Waals surface area contributed by atoms with Gasteiger partial charge in [-0.25, -0.2) is 8.78 Å². The molecule has 3 N–H and O–H groups in total. The van der Waals surface area contributed by atoms with E-state index < -0.39 is 29.7 Å². The van der Waals surface area contributed by atoms with E-state index in [1.54, 1.807) is 30.3 Å². The Morgan fingerprint density at radius 1 is 1.22 bits per heavy atom. The Bertz CT molecular complexity index is 1000. The number of aliphatic hydroxyl groups excluding tert-OH is 1. The number of hydrogen-bond donors (Lipinski definition) is 3. The van der Waals surface area contributed by atoms with Gasteiger partial charge in [-0.1, -0.05) is 18.2 Å². The van der Waals surface area contributed by atoms with E-state index in [-0.39, 0.29) is 30.5 Å². The van der Waals surface area contributed by atoms with Crippen LogP contribution in [0.1, 0.15) is 24.8 Å². The van der Waals surface area contributed by atoms with Crippen LogP contribution < -0.4 is 15.6 Å². The highest BCUT2D eigenvalue weighted by Gasteiger charge is 2.34. The summed E-state index contributed by atoms with van der Waals surface area (Å²) in [5, 5.41) is 22.1. The van der Waals surface area contributed by atoms with Crippen molar-refractivity contribution in [3.05, 3.63) is 65.7 Å². The molecule has 0 radical (unpaired) electrons. The first-order valence-electron chi connectivity index (χ1n) is 10.5. The Morgan fingerprint density at radius 2 is 1.94 bits per heavy atom. The number of carbonyl (C=O) groups is 2. The summed E-state index contributed by atoms with van der Waals surface area (Å²) in [6.45, 7) is 0.740. The molecule has 0 aromatic heterocycles. The van der Waals surface area contributed by atoms with Crippen molar-refractivity contribution in [2.24, 2.45) is 5.10 Å². The van der Waals surface area contributed by atoms with Gasteiger partial charge in [0.1, 0.15) is 17.3 Å². The average molecular weight is 442 g/mol. The van der Waals surface area contributed by atoms with Crippen LogP contribution in [0.5, 0.6) is 0 Å². The number of hydrogen-bond acceptors (Lipinski definition) is 5. The third-order valence-electron chi connectivity index (χ3n) is 5.66. The highest BCUT2D eigenvalue weighted by molar-refractivity contribution is 6.44. The van der Waals surface area contributed by atoms with E-state index in [0.29, 0.717) is 17.7 Å². The van der Waals surface area contributed by atoms with Gasteiger partial charge in [0.05, 0.1) is 24.3 Å². The van der Waals surface area contributed by atoms with Crippen molar-refractivity contribution in [2.75, 3.05) is 11.6 Å². The smallest absolute Gasteiger partial charge is 0.268 e. The molecule has 2 aliphatic heterocycles. The summed E-state index contributed by atoms with van der Waals surface area (Å²) in [5.74, 6) is -2.41. The Morgan fingerprint density at radius 3 is 2.59 bits per heavy atom. The number of halogens is 2. The minimum absolute atomic E-state index is 0.0147. The number of nitrogens with zero attached hydrogens (tertiary/aromatic N) is 2. The maximum Gasteiger partial charge on any atom is 0.268 e. The summed E-state index contributed by atoms with van der Waals surface area (Å²) in [6, 6.07) is 10.8. The minimum Gasteiger partial charge on any atom is -0.389 e. The van der Waals surface area contributed by atoms with E-state index in [4.69, 9.17) is 0 Å². The molecular formula is C23H24F2N4O3. The Labute approximate surface area is 184 Å². The lowest BCUT2D eigenvalue weighted by atomic mass is 9.95. The zero-order chi connectivity index (χ0) is 22.7. The van der Waals surface area contributed by atoms with Gasteiger partial charge in [-0.2, -0.15) is 10.1 Å². The van der Waals surface area contributed by atoms with Gasteiger partial charge in [0, 0.05) is 12.1 Å². The number of amides is 2. The molecule has 1 saturated heterocycles. The molecule has 2 heterocycles. The van der Waals surface area contributed by atoms with Crippen LogP contribution in [0.2, 0.25) is 0 Å². The molecule has 0 aliphatic carbocycles. The first-order valence-corrected chi connectivity index (χ1v) is 10.5. The predicted molar refractivity (Wildman–Crippen MR) is 115 cm³/mol. The van der Waals surface area contributed by atoms with E-state index in [0.717, 1.165) is 19.0 Å². The van der Waals surface area contributed by atoms with Crippen molar-refractivity contribution in [2.45, 2.75) is 43.9 Å². The highest BCUT2D eigenvalue weighted by atomic mass is 19.1. The van der Waals surface area contributed by atoms with Gasteiger partial charge in [0.2, 0.25) is 0 Å². The van der Waals surface area contributed by atoms with Crippen LogP contribution in [-0.2, 0) is 16.0 Å². The molecule has 1 fully saturated rings. The van der Waals surface area contributed by atoms with Gasteiger partial charge in [0.25, 0.3) is 11.8 Å². The molecule has 2 aromatic carbocycles. The number of nitrogens with one attached hydrogen (secondary N) is 2. The summed E-state index contributed by atoms with van der Waals surface area (Å²) in [4.78, 5) is 25.3. The molecule has 9 heteroatoms. The van der Waals surface area contributed by atoms with Crippen molar-refractivity contribution in [3.63, 3.8) is 0 Å². The summed E-state index contributed by atoms with van der Waals surface area (Å²) in [6.07, 6.45) is 0.440. The second-order valence-corrected chi connectivity index (χ2v) is 8.02. The molecule has 2 aromatic rings. The molecule has 4 rings (SSSR count). The maximum absolute atomic E-state index is 13.7. The molecule has 3 atom stereocenters. The van der Waals surface area contributed by atoms with Crippen LogP contribution >= 0.6 is 0 Å². The third-order valence-corrected chi connectivity index (χ3v) is 5.66. The second-order valence-electron chi connectivity index (χ2n) is 8.02. The van der Waals surface area contributed by atoms with Crippen LogP contribution in [-0.4, -0.2) is 47.4 Å². The van der Waals surface area contributed by atoms with Gasteiger partial charge < -0.3 is 15.7 Å². The fourth-order valence-corrected chi connectivity index (χ4v) is 4.10. The molecular weight excluding hydrogens is 418 g/mol. The van der Waals surface area contributed by atoms with Gasteiger partial charge in [-0.3, -0.25) is 9.59 Å². The first-order chi connectivity index (χ1) is 15.4. The third kappa shape index (κ3) is 5.00. The Hall–Kier alpha value is -3.17. The molecule has 0 bridgehead atoms. The van der Waals surface area contributed by atoms with Crippen LogP contribution in [0.3, 0.4) is 0 Å². The molecule has 32 heavy (non-hydrogen) atoms. The van der Waals surface area contributed by atoms with E-state index in [1.807, 2.05) is 0 Å². The summed E-state index contributed by atoms with van der Waals surface area (Å²) in [5.41, 5.74) is 0.864. The number of anilines is 1. The van der Waals surface area contributed by atoms with Gasteiger partial charge in [0.15, 0.2) is 0 Å². The summed E-state index contributed by atoms with van der Waals surface area (Å²) in [7, 11) is 0. The lowest BCUT2D eigenvalue weighted by Gasteiger charge is -2.28. The molecule has 168 valence electrons. The summed E-state index contributed by atoms with van der Waals surface area (Å²) >= 11 is 0. The Balaban J connectivity index is 1.53. The minimum atomic E-state index is -0.990. The van der Waals surface area contributed by atoms with Crippen LogP contribution in [0.25, 0.3) is 0 Å². The quantitative estimate of drug-likeness (QED) is 0.611. The molecule has 2 amide bonds. The number of benzene rings is 2. The van der Waals surface area contributed by atoms with E-state index in [9.17, 15) is 23.5 Å². The van der Waals surface area contributed by atoms with Gasteiger partial charge in [-0.15, -0.1) is 0 Å². The number of hydrazone groups is 1. The molecule has 1 unspecified atom stereocenters. The number of rotatable bonds is 7. The van der Waals surface area contributed by atoms with Crippen molar-refractivity contribution >= 4 is 23.2 Å². The van der Waals surface area contributed by atoms with Gasteiger partial charge in [-0.05, 0) is 55.6 Å². The van der Waals surface area contributed by atoms with Gasteiger partial charge >= 0.3 is 0 Å². The number of aliphatic hydroxyl groups is 1. The van der Waals surface area contributed by atoms with Crippen molar-refractivity contribution in [3.8, 4) is 0 Å². The standard InChI is InChI=1S/C23H24F2N4O3/c24-15-9-14(10-16(25)12-15)11-19(22(31)18-7-4-8-26-18)27-23(32)20-13-21(30)29(28-20)17-5-2-1-3-6-17/h1-3,5-6,9-10,12,18-19,22,26,31H,4,7-8,11,13H2,(H,27,32)/t18-,19?,22+/m0/s1. The first kappa shape index (κ1) is 22.0. The fourth-order valence-electron chi connectivity index (χ4n) is 4.10. The zero-order valence-electron chi connectivity index (χ0n) is 17.3. The highest BCUT2D eigenvalue weighted by Crippen LogP contribution is 2.21. The normalized spacial score (nSPS) is 20.2. The average Bonchev–Trinajstić information content (AvgIpc) is 3.43. The van der Waals surface area contributed by atoms with Crippen LogP contribution in [0, 0.1) is 11.6 Å². The molecule has 2 aliphatic rings. The number of carbonyl (C=O) groups excluding carboxylic acids is 2. The van der Waals surface area contributed by atoms with Crippen molar-refractivity contribution < 1.29 is 23.5 Å². The van der Waals surface area contributed by atoms with Crippen LogP contribution in [0.4, 0.5) is 14.5 Å². The summed E-state index contributed by atoms with van der Waals surface area (Å²) < 4.78 is 27.3. The lowest BCUT2D eigenvalue weighted by Crippen LogP contribution is -2.53. The fraction of sp³-hybridized carbons (Fsp3) is 0.348. The molecule has 0 saturated carbocycles. The Kier molecular flexibility index (Phi) is 6.57. The molecule has 0 spiro atoms. The molecule has 7 nitrogen and oxygen atoms in total. The predicted octanol–water partition coefficient (Wildman–Crippen LogP) is 1.90. The van der Waals surface area contributed by atoms with Crippen molar-refractivity contribution in [1.29, 1.82) is 0 Å². The maximum atomic E-state index is 13.7. The topological polar surface area (TPSA) is 94.0 Å². The van der Waals surface area contributed by atoms with E-state index in [1.165, 1.54) is 17.1 Å². The number of para-hydroxylation sites is 1. The zero-order valence-corrected chi connectivity index (χ0v) is 17.3. The lowest BCUT2D eigenvalue weighted by molar-refractivity contribution is -0.119. The van der Waals surface area contributed by atoms with E-state index in [2.05, 4.69) is 15.7 Å². The van der Waals surface area contributed by atoms with Crippen molar-refractivity contribution in [1.82, 2.24) is 10.6 Å². The van der Waals surface area contributed by atoms with E-state index >= 15 is 0 Å². The van der Waals surface area contributed by atoms with Crippen LogP contribution in [0.15, 0.2) is 53.6 Å². The SMILES string of the molecule is O=C(NC(Cc1cc(F)cc(F)c1)[C@H](O)[C@@H]1CCCN1)C1=NN(c2ccccc2)C(=O)C1.